The molecule has 1 aromatic heterocycles. The second-order valence-electron chi connectivity index (χ2n) is 6.87. The maximum absolute atomic E-state index is 14.9. The van der Waals surface area contributed by atoms with Gasteiger partial charge in [-0.2, -0.15) is 0 Å². The number of aliphatic hydroxyl groups is 1. The van der Waals surface area contributed by atoms with Gasteiger partial charge in [-0.15, -0.1) is 0 Å². The molecule has 0 amide bonds. The highest BCUT2D eigenvalue weighted by Gasteiger charge is 2.34. The average Bonchev–Trinajstić information content (AvgIpc) is 2.68. The largest absolute Gasteiger partial charge is 0.462 e. The topological polar surface area (TPSA) is 83.8 Å². The molecule has 2 aliphatic heterocycles. The second kappa shape index (κ2) is 7.73. The zero-order valence-corrected chi connectivity index (χ0v) is 16.4. The average molecular weight is 407 g/mol. The van der Waals surface area contributed by atoms with E-state index in [1.165, 1.54) is 17.8 Å². The lowest BCUT2D eigenvalue weighted by Gasteiger charge is -2.34. The van der Waals surface area contributed by atoms with Crippen LogP contribution in [0.3, 0.4) is 0 Å². The Labute approximate surface area is 165 Å². The van der Waals surface area contributed by atoms with Crippen molar-refractivity contribution in [3.8, 4) is 0 Å². The predicted molar refractivity (Wildman–Crippen MR) is 106 cm³/mol. The summed E-state index contributed by atoms with van der Waals surface area (Å²) in [7, 11) is 0. The third-order valence-corrected chi connectivity index (χ3v) is 6.25. The van der Waals surface area contributed by atoms with Gasteiger partial charge in [0.1, 0.15) is 11.4 Å². The number of rotatable bonds is 5. The summed E-state index contributed by atoms with van der Waals surface area (Å²) in [6, 6.07) is 2.96. The quantitative estimate of drug-likeness (QED) is 0.577. The number of hydrogen-bond donors (Lipinski definition) is 2. The van der Waals surface area contributed by atoms with Gasteiger partial charge in [0.2, 0.25) is 5.43 Å². The molecular formula is C19H22FN3O4S. The number of anilines is 1. The molecule has 0 bridgehead atoms. The van der Waals surface area contributed by atoms with Crippen molar-refractivity contribution in [2.75, 3.05) is 44.3 Å². The van der Waals surface area contributed by atoms with Crippen LogP contribution < -0.4 is 15.6 Å². The van der Waals surface area contributed by atoms with Crippen LogP contribution in [0.25, 0.3) is 10.9 Å². The van der Waals surface area contributed by atoms with E-state index in [-0.39, 0.29) is 29.5 Å². The number of nitrogens with one attached hydrogen (secondary N) is 1. The molecule has 0 spiro atoms. The Morgan fingerprint density at radius 3 is 2.82 bits per heavy atom. The lowest BCUT2D eigenvalue weighted by Crippen LogP contribution is -2.44. The van der Waals surface area contributed by atoms with E-state index in [1.807, 2.05) is 16.4 Å². The Balaban J connectivity index is 1.83. The van der Waals surface area contributed by atoms with E-state index in [9.17, 15) is 14.0 Å². The lowest BCUT2D eigenvalue weighted by atomic mass is 10.1. The fraction of sp³-hybridized carbons (Fsp3) is 0.474. The standard InChI is InChI=1S/C19H22FN3O4S/c1-11-23-14-10-15(22-5-3-21-4-6-22)13(20)9-12(14)17(25)16(18(23)28-11)19(26)27-8-2-7-24/h9-11,21,24H,2-8H2,1H3. The summed E-state index contributed by atoms with van der Waals surface area (Å²) in [6.45, 7) is 4.84. The SMILES string of the molecule is CC1Sc2c(C(=O)OCCCO)c(=O)c3cc(F)c(N4CCNCC4)cc3n21. The summed E-state index contributed by atoms with van der Waals surface area (Å²) >= 11 is 1.42. The van der Waals surface area contributed by atoms with Crippen molar-refractivity contribution in [1.29, 1.82) is 0 Å². The molecule has 3 heterocycles. The van der Waals surface area contributed by atoms with Crippen LogP contribution in [0.4, 0.5) is 10.1 Å². The van der Waals surface area contributed by atoms with Gasteiger partial charge in [-0.25, -0.2) is 9.18 Å². The molecule has 0 aliphatic carbocycles. The molecule has 0 saturated carbocycles. The molecule has 28 heavy (non-hydrogen) atoms. The van der Waals surface area contributed by atoms with E-state index in [0.29, 0.717) is 35.7 Å². The maximum atomic E-state index is 14.9. The van der Waals surface area contributed by atoms with E-state index < -0.39 is 17.2 Å². The number of thioether (sulfide) groups is 1. The van der Waals surface area contributed by atoms with Gasteiger partial charge >= 0.3 is 5.97 Å². The molecule has 7 nitrogen and oxygen atoms in total. The molecule has 1 atom stereocenters. The van der Waals surface area contributed by atoms with Gasteiger partial charge in [-0.1, -0.05) is 11.8 Å². The first-order valence-corrected chi connectivity index (χ1v) is 10.2. The predicted octanol–water partition coefficient (Wildman–Crippen LogP) is 1.71. The van der Waals surface area contributed by atoms with E-state index in [0.717, 1.165) is 13.1 Å². The van der Waals surface area contributed by atoms with Gasteiger partial charge in [-0.3, -0.25) is 4.79 Å². The van der Waals surface area contributed by atoms with Crippen molar-refractivity contribution in [3.05, 3.63) is 33.7 Å². The fourth-order valence-electron chi connectivity index (χ4n) is 3.67. The highest BCUT2D eigenvalue weighted by atomic mass is 32.2. The van der Waals surface area contributed by atoms with Crippen LogP contribution in [-0.4, -0.2) is 55.0 Å². The Bertz CT molecular complexity index is 988. The first-order chi connectivity index (χ1) is 13.5. The van der Waals surface area contributed by atoms with Crippen LogP contribution in [-0.2, 0) is 4.74 Å². The Hall–Kier alpha value is -2.10. The van der Waals surface area contributed by atoms with Crippen LogP contribution in [0.15, 0.2) is 22.0 Å². The van der Waals surface area contributed by atoms with Gasteiger partial charge in [0.15, 0.2) is 0 Å². The monoisotopic (exact) mass is 407 g/mol. The number of fused-ring (bicyclic) bond motifs is 3. The van der Waals surface area contributed by atoms with Crippen molar-refractivity contribution < 1.29 is 19.0 Å². The normalized spacial score (nSPS) is 18.7. The summed E-state index contributed by atoms with van der Waals surface area (Å²) in [5.74, 6) is -1.19. The van der Waals surface area contributed by atoms with Crippen molar-refractivity contribution in [2.24, 2.45) is 0 Å². The first-order valence-electron chi connectivity index (χ1n) is 9.35. The number of halogens is 1. The number of carbonyl (C=O) groups is 1. The number of piperazine rings is 1. The molecule has 2 aliphatic rings. The number of aliphatic hydroxyl groups excluding tert-OH is 1. The van der Waals surface area contributed by atoms with E-state index in [1.54, 1.807) is 6.07 Å². The van der Waals surface area contributed by atoms with Crippen molar-refractivity contribution >= 4 is 34.3 Å². The number of pyridine rings is 1. The highest BCUT2D eigenvalue weighted by Crippen LogP contribution is 2.46. The van der Waals surface area contributed by atoms with Crippen molar-refractivity contribution in [1.82, 2.24) is 9.88 Å². The van der Waals surface area contributed by atoms with Gasteiger partial charge in [0, 0.05) is 44.6 Å². The molecule has 1 unspecified atom stereocenters. The molecule has 2 aromatic rings. The van der Waals surface area contributed by atoms with Gasteiger partial charge in [-0.05, 0) is 19.1 Å². The molecule has 1 saturated heterocycles. The minimum Gasteiger partial charge on any atom is -0.462 e. The minimum atomic E-state index is -0.727. The molecule has 9 heteroatoms. The minimum absolute atomic E-state index is 0.0305. The summed E-state index contributed by atoms with van der Waals surface area (Å²) < 4.78 is 21.9. The molecule has 150 valence electrons. The molecule has 2 N–H and O–H groups in total. The molecular weight excluding hydrogens is 385 g/mol. The summed E-state index contributed by atoms with van der Waals surface area (Å²) in [6.07, 6.45) is 0.301. The molecule has 1 aromatic carbocycles. The van der Waals surface area contributed by atoms with Crippen molar-refractivity contribution in [3.63, 3.8) is 0 Å². The lowest BCUT2D eigenvalue weighted by molar-refractivity contribution is 0.0474. The van der Waals surface area contributed by atoms with Crippen molar-refractivity contribution in [2.45, 2.75) is 23.7 Å². The van der Waals surface area contributed by atoms with Crippen LogP contribution >= 0.6 is 11.8 Å². The van der Waals surface area contributed by atoms with E-state index in [4.69, 9.17) is 9.84 Å². The number of hydrogen-bond acceptors (Lipinski definition) is 7. The Morgan fingerprint density at radius 2 is 2.14 bits per heavy atom. The highest BCUT2D eigenvalue weighted by molar-refractivity contribution is 8.00. The smallest absolute Gasteiger partial charge is 0.344 e. The number of esters is 1. The number of carbonyl (C=O) groups excluding carboxylic acids is 1. The second-order valence-corrected chi connectivity index (χ2v) is 8.17. The van der Waals surface area contributed by atoms with Crippen LogP contribution in [0.2, 0.25) is 0 Å². The number of ether oxygens (including phenoxy) is 1. The first kappa shape index (κ1) is 19.2. The van der Waals surface area contributed by atoms with Crippen LogP contribution in [0.1, 0.15) is 29.1 Å². The van der Waals surface area contributed by atoms with Crippen LogP contribution in [0.5, 0.6) is 0 Å². The Morgan fingerprint density at radius 1 is 1.39 bits per heavy atom. The van der Waals surface area contributed by atoms with Gasteiger partial charge in [0.25, 0.3) is 0 Å². The number of nitrogens with zero attached hydrogens (tertiary/aromatic N) is 2. The molecule has 4 rings (SSSR count). The third kappa shape index (κ3) is 3.17. The number of aromatic nitrogens is 1. The van der Waals surface area contributed by atoms with E-state index in [2.05, 4.69) is 5.32 Å². The maximum Gasteiger partial charge on any atom is 0.344 e. The zero-order valence-electron chi connectivity index (χ0n) is 15.5. The zero-order chi connectivity index (χ0) is 19.8. The third-order valence-electron chi connectivity index (χ3n) is 5.07. The van der Waals surface area contributed by atoms with Crippen LogP contribution in [0, 0.1) is 5.82 Å². The molecule has 0 radical (unpaired) electrons. The summed E-state index contributed by atoms with van der Waals surface area (Å²) in [5, 5.41) is 12.8. The summed E-state index contributed by atoms with van der Waals surface area (Å²) in [5.41, 5.74) is 0.543. The fourth-order valence-corrected chi connectivity index (χ4v) is 4.82. The summed E-state index contributed by atoms with van der Waals surface area (Å²) in [4.78, 5) is 27.4. The molecule has 1 fully saturated rings. The van der Waals surface area contributed by atoms with Gasteiger partial charge in [0.05, 0.1) is 28.2 Å². The van der Waals surface area contributed by atoms with E-state index >= 15 is 0 Å². The Kier molecular flexibility index (Phi) is 5.31. The van der Waals surface area contributed by atoms with Gasteiger partial charge < -0.3 is 24.6 Å². The number of benzene rings is 1.